The van der Waals surface area contributed by atoms with Gasteiger partial charge in [-0.15, -0.1) is 11.8 Å². The number of rotatable bonds is 5. The molecule has 0 aliphatic carbocycles. The van der Waals surface area contributed by atoms with Crippen LogP contribution in [0.15, 0.2) is 23.1 Å². The van der Waals surface area contributed by atoms with Gasteiger partial charge in [0.1, 0.15) is 6.07 Å². The molecule has 1 aliphatic rings. The number of thioether (sulfide) groups is 1. The minimum absolute atomic E-state index is 0.214. The van der Waals surface area contributed by atoms with Gasteiger partial charge >= 0.3 is 0 Å². The zero-order valence-electron chi connectivity index (χ0n) is 12.6. The van der Waals surface area contributed by atoms with Gasteiger partial charge in [0.05, 0.1) is 17.9 Å². The Morgan fingerprint density at radius 1 is 1.29 bits per heavy atom. The molecule has 5 heteroatoms. The van der Waals surface area contributed by atoms with Crippen molar-refractivity contribution in [3.05, 3.63) is 23.8 Å². The molecule has 1 saturated heterocycles. The molecule has 0 saturated carbocycles. The van der Waals surface area contributed by atoms with Gasteiger partial charge in [0.15, 0.2) is 0 Å². The monoisotopic (exact) mass is 305 g/mol. The number of hydrogen-bond acceptors (Lipinski definition) is 5. The van der Waals surface area contributed by atoms with E-state index in [4.69, 9.17) is 5.11 Å². The summed E-state index contributed by atoms with van der Waals surface area (Å²) in [7, 11) is 0. The van der Waals surface area contributed by atoms with Crippen molar-refractivity contribution in [3.8, 4) is 6.07 Å². The Bertz CT molecular complexity index is 501. The van der Waals surface area contributed by atoms with Gasteiger partial charge in [-0.3, -0.25) is 4.90 Å². The first-order valence-corrected chi connectivity index (χ1v) is 8.52. The third kappa shape index (κ3) is 4.13. The fraction of sp³-hybridized carbons (Fsp3) is 0.562. The number of aliphatic hydroxyl groups is 1. The van der Waals surface area contributed by atoms with E-state index in [0.29, 0.717) is 0 Å². The summed E-state index contributed by atoms with van der Waals surface area (Å²) in [6, 6.07) is 8.52. The number of nitrogens with zero attached hydrogens (tertiary/aromatic N) is 3. The number of β-amino-alcohol motifs (C(OH)–C–C–N with tert-alkyl or cyclic N) is 1. The largest absolute Gasteiger partial charge is 0.395 e. The smallest absolute Gasteiger partial charge is 0.103 e. The van der Waals surface area contributed by atoms with E-state index in [9.17, 15) is 5.26 Å². The molecule has 114 valence electrons. The number of hydrogen-bond donors (Lipinski definition) is 1. The van der Waals surface area contributed by atoms with Gasteiger partial charge in [-0.2, -0.15) is 5.26 Å². The molecule has 1 aliphatic heterocycles. The summed E-state index contributed by atoms with van der Waals surface area (Å²) >= 11 is 1.73. The van der Waals surface area contributed by atoms with Crippen LogP contribution in [0.2, 0.25) is 0 Å². The van der Waals surface area contributed by atoms with Crippen LogP contribution < -0.4 is 4.90 Å². The fourth-order valence-electron chi connectivity index (χ4n) is 2.75. The predicted molar refractivity (Wildman–Crippen MR) is 87.9 cm³/mol. The molecule has 1 fully saturated rings. The first-order chi connectivity index (χ1) is 10.3. The number of aliphatic hydroxyl groups excluding tert-OH is 1. The van der Waals surface area contributed by atoms with Crippen LogP contribution in [-0.2, 0) is 0 Å². The Labute approximate surface area is 131 Å². The molecule has 0 spiro atoms. The van der Waals surface area contributed by atoms with E-state index in [1.807, 2.05) is 12.1 Å². The highest BCUT2D eigenvalue weighted by molar-refractivity contribution is 7.99. The van der Waals surface area contributed by atoms with Crippen LogP contribution in [0, 0.1) is 11.3 Å². The predicted octanol–water partition coefficient (Wildman–Crippen LogP) is 2.17. The van der Waals surface area contributed by atoms with Gasteiger partial charge in [0, 0.05) is 31.1 Å². The van der Waals surface area contributed by atoms with Crippen molar-refractivity contribution >= 4 is 17.4 Å². The van der Waals surface area contributed by atoms with E-state index < -0.39 is 0 Å². The van der Waals surface area contributed by atoms with Crippen LogP contribution >= 0.6 is 11.8 Å². The molecule has 0 atom stereocenters. The summed E-state index contributed by atoms with van der Waals surface area (Å²) in [5.74, 6) is 0.975. The molecule has 2 rings (SSSR count). The molecule has 0 amide bonds. The lowest BCUT2D eigenvalue weighted by Crippen LogP contribution is -2.32. The molecular formula is C16H23N3OS. The summed E-state index contributed by atoms with van der Waals surface area (Å²) in [6.45, 7) is 6.90. The molecule has 4 nitrogen and oxygen atoms in total. The standard InChI is InChI=1S/C16H23N3OS/c1-2-21-16-6-3-5-15(14(16)13-17)19-8-4-7-18(9-10-19)11-12-20/h3,5-6,20H,2,4,7-12H2,1H3. The van der Waals surface area contributed by atoms with Crippen LogP contribution in [0.25, 0.3) is 0 Å². The Balaban J connectivity index is 2.18. The topological polar surface area (TPSA) is 50.5 Å². The third-order valence-corrected chi connectivity index (χ3v) is 4.70. The number of anilines is 1. The molecule has 1 heterocycles. The van der Waals surface area contributed by atoms with Gasteiger partial charge in [-0.25, -0.2) is 0 Å². The van der Waals surface area contributed by atoms with E-state index in [2.05, 4.69) is 28.9 Å². The molecule has 0 aromatic heterocycles. The molecule has 0 bridgehead atoms. The second-order valence-electron chi connectivity index (χ2n) is 5.10. The second-order valence-corrected chi connectivity index (χ2v) is 6.41. The van der Waals surface area contributed by atoms with Crippen LogP contribution in [0.5, 0.6) is 0 Å². The average molecular weight is 305 g/mol. The Hall–Kier alpha value is -1.22. The quantitative estimate of drug-likeness (QED) is 0.845. The number of benzene rings is 1. The zero-order valence-corrected chi connectivity index (χ0v) is 13.4. The van der Waals surface area contributed by atoms with E-state index >= 15 is 0 Å². The Morgan fingerprint density at radius 3 is 2.86 bits per heavy atom. The highest BCUT2D eigenvalue weighted by Crippen LogP contribution is 2.30. The SMILES string of the molecule is CCSc1cccc(N2CCCN(CCO)CC2)c1C#N. The molecule has 1 aromatic carbocycles. The van der Waals surface area contributed by atoms with Crippen LogP contribution in [0.1, 0.15) is 18.9 Å². The molecule has 0 radical (unpaired) electrons. The summed E-state index contributed by atoms with van der Waals surface area (Å²) in [4.78, 5) is 5.68. The normalized spacial score (nSPS) is 16.5. The first-order valence-electron chi connectivity index (χ1n) is 7.54. The fourth-order valence-corrected chi connectivity index (χ4v) is 3.53. The third-order valence-electron chi connectivity index (χ3n) is 3.76. The second kappa shape index (κ2) is 8.28. The van der Waals surface area contributed by atoms with Crippen molar-refractivity contribution in [1.82, 2.24) is 4.90 Å². The zero-order chi connectivity index (χ0) is 15.1. The van der Waals surface area contributed by atoms with Crippen molar-refractivity contribution < 1.29 is 5.11 Å². The van der Waals surface area contributed by atoms with Crippen molar-refractivity contribution in [2.45, 2.75) is 18.2 Å². The molecule has 0 unspecified atom stereocenters. The molecule has 1 N–H and O–H groups in total. The summed E-state index contributed by atoms with van der Waals surface area (Å²) in [6.07, 6.45) is 1.07. The Kier molecular flexibility index (Phi) is 6.37. The van der Waals surface area contributed by atoms with Crippen molar-refractivity contribution in [2.24, 2.45) is 0 Å². The van der Waals surface area contributed by atoms with E-state index in [1.54, 1.807) is 11.8 Å². The van der Waals surface area contributed by atoms with Crippen LogP contribution in [0.3, 0.4) is 0 Å². The minimum Gasteiger partial charge on any atom is -0.395 e. The average Bonchev–Trinajstić information content (AvgIpc) is 2.73. The van der Waals surface area contributed by atoms with Crippen LogP contribution in [0.4, 0.5) is 5.69 Å². The van der Waals surface area contributed by atoms with Crippen LogP contribution in [-0.4, -0.2) is 55.1 Å². The van der Waals surface area contributed by atoms with Crippen molar-refractivity contribution in [1.29, 1.82) is 5.26 Å². The lowest BCUT2D eigenvalue weighted by Gasteiger charge is -2.25. The summed E-state index contributed by atoms with van der Waals surface area (Å²) in [5.41, 5.74) is 1.86. The van der Waals surface area contributed by atoms with E-state index in [1.165, 1.54) is 0 Å². The molecule has 1 aromatic rings. The minimum atomic E-state index is 0.214. The maximum Gasteiger partial charge on any atom is 0.103 e. The lowest BCUT2D eigenvalue weighted by atomic mass is 10.1. The highest BCUT2D eigenvalue weighted by Gasteiger charge is 2.18. The molecule has 21 heavy (non-hydrogen) atoms. The van der Waals surface area contributed by atoms with Gasteiger partial charge in [-0.1, -0.05) is 13.0 Å². The summed E-state index contributed by atoms with van der Waals surface area (Å²) in [5, 5.41) is 18.6. The van der Waals surface area contributed by atoms with Gasteiger partial charge < -0.3 is 10.0 Å². The molecular weight excluding hydrogens is 282 g/mol. The van der Waals surface area contributed by atoms with E-state index in [-0.39, 0.29) is 6.61 Å². The van der Waals surface area contributed by atoms with Gasteiger partial charge in [0.2, 0.25) is 0 Å². The number of nitriles is 1. The Morgan fingerprint density at radius 2 is 2.14 bits per heavy atom. The van der Waals surface area contributed by atoms with Crippen molar-refractivity contribution in [3.63, 3.8) is 0 Å². The lowest BCUT2D eigenvalue weighted by molar-refractivity contribution is 0.204. The maximum absolute atomic E-state index is 9.53. The van der Waals surface area contributed by atoms with Crippen molar-refractivity contribution in [2.75, 3.05) is 50.0 Å². The van der Waals surface area contributed by atoms with Gasteiger partial charge in [0.25, 0.3) is 0 Å². The maximum atomic E-state index is 9.53. The highest BCUT2D eigenvalue weighted by atomic mass is 32.2. The first kappa shape index (κ1) is 16.2. The van der Waals surface area contributed by atoms with E-state index in [0.717, 1.165) is 61.0 Å². The van der Waals surface area contributed by atoms with Gasteiger partial charge in [-0.05, 0) is 30.9 Å². The summed E-state index contributed by atoms with van der Waals surface area (Å²) < 4.78 is 0.